The first-order chi connectivity index (χ1) is 9.89. The van der Waals surface area contributed by atoms with Crippen LogP contribution in [0.1, 0.15) is 59.8 Å². The number of hydrogen-bond acceptors (Lipinski definition) is 2. The molecular formula is C16H30N2O3. The van der Waals surface area contributed by atoms with Crippen LogP contribution in [-0.2, 0) is 4.79 Å². The fraction of sp³-hybridized carbons (Fsp3) is 0.875. The van der Waals surface area contributed by atoms with Crippen molar-refractivity contribution >= 4 is 12.0 Å². The van der Waals surface area contributed by atoms with Crippen LogP contribution in [0.4, 0.5) is 4.79 Å². The maximum Gasteiger partial charge on any atom is 0.320 e. The highest BCUT2D eigenvalue weighted by Crippen LogP contribution is 2.38. The van der Waals surface area contributed by atoms with Crippen LogP contribution in [0.5, 0.6) is 0 Å². The van der Waals surface area contributed by atoms with E-state index >= 15 is 0 Å². The Kier molecular flexibility index (Phi) is 6.49. The normalized spacial score (nSPS) is 19.1. The first-order valence-corrected chi connectivity index (χ1v) is 8.16. The standard InChI is InChI=1S/C16H30N2O3/c1-5-16(6-2)8-10-17(11-9-16)15(21)18(7-3)13(4)12-14(19)20/h13H,5-12H2,1-4H3,(H,19,20). The molecule has 1 unspecified atom stereocenters. The molecular weight excluding hydrogens is 268 g/mol. The first-order valence-electron chi connectivity index (χ1n) is 8.16. The number of carboxylic acid groups (broad SMARTS) is 1. The molecule has 5 heteroatoms. The topological polar surface area (TPSA) is 60.9 Å². The van der Waals surface area contributed by atoms with E-state index < -0.39 is 5.97 Å². The summed E-state index contributed by atoms with van der Waals surface area (Å²) >= 11 is 0. The van der Waals surface area contributed by atoms with E-state index in [1.165, 1.54) is 12.8 Å². The average molecular weight is 298 g/mol. The number of hydrogen-bond donors (Lipinski definition) is 1. The first kappa shape index (κ1) is 17.8. The second-order valence-electron chi connectivity index (χ2n) is 6.21. The summed E-state index contributed by atoms with van der Waals surface area (Å²) in [4.78, 5) is 27.0. The second kappa shape index (κ2) is 7.66. The van der Waals surface area contributed by atoms with E-state index in [-0.39, 0.29) is 18.5 Å². The minimum atomic E-state index is -0.858. The van der Waals surface area contributed by atoms with Gasteiger partial charge in [0, 0.05) is 25.7 Å². The molecule has 0 aromatic carbocycles. The van der Waals surface area contributed by atoms with Gasteiger partial charge in [0.25, 0.3) is 0 Å². The van der Waals surface area contributed by atoms with Gasteiger partial charge in [-0.2, -0.15) is 0 Å². The minimum absolute atomic E-state index is 0.00127. The van der Waals surface area contributed by atoms with Crippen LogP contribution in [0.15, 0.2) is 0 Å². The van der Waals surface area contributed by atoms with E-state index in [1.807, 2.05) is 18.7 Å². The molecule has 2 amide bonds. The van der Waals surface area contributed by atoms with Gasteiger partial charge in [-0.3, -0.25) is 4.79 Å². The van der Waals surface area contributed by atoms with Gasteiger partial charge in [-0.15, -0.1) is 0 Å². The van der Waals surface area contributed by atoms with Gasteiger partial charge in [-0.25, -0.2) is 4.79 Å². The summed E-state index contributed by atoms with van der Waals surface area (Å²) in [7, 11) is 0. The molecule has 1 N–H and O–H groups in total. The van der Waals surface area contributed by atoms with Gasteiger partial charge in [-0.1, -0.05) is 26.7 Å². The maximum absolute atomic E-state index is 12.6. The fourth-order valence-electron chi connectivity index (χ4n) is 3.31. The zero-order chi connectivity index (χ0) is 16.0. The number of rotatable bonds is 6. The highest BCUT2D eigenvalue weighted by atomic mass is 16.4. The van der Waals surface area contributed by atoms with Crippen molar-refractivity contribution in [3.05, 3.63) is 0 Å². The molecule has 0 bridgehead atoms. The third-order valence-corrected chi connectivity index (χ3v) is 5.18. The monoisotopic (exact) mass is 298 g/mol. The zero-order valence-electron chi connectivity index (χ0n) is 13.9. The highest BCUT2D eigenvalue weighted by Gasteiger charge is 2.34. The molecule has 21 heavy (non-hydrogen) atoms. The van der Waals surface area contributed by atoms with Crippen molar-refractivity contribution in [1.82, 2.24) is 9.80 Å². The fourth-order valence-corrected chi connectivity index (χ4v) is 3.31. The van der Waals surface area contributed by atoms with E-state index in [2.05, 4.69) is 13.8 Å². The van der Waals surface area contributed by atoms with Gasteiger partial charge in [0.15, 0.2) is 0 Å². The molecule has 5 nitrogen and oxygen atoms in total. The van der Waals surface area contributed by atoms with E-state index in [9.17, 15) is 9.59 Å². The lowest BCUT2D eigenvalue weighted by Gasteiger charge is -2.43. The molecule has 1 aliphatic rings. The number of urea groups is 1. The molecule has 1 rings (SSSR count). The number of nitrogens with zero attached hydrogens (tertiary/aromatic N) is 2. The van der Waals surface area contributed by atoms with Gasteiger partial charge >= 0.3 is 12.0 Å². The third-order valence-electron chi connectivity index (χ3n) is 5.18. The summed E-state index contributed by atoms with van der Waals surface area (Å²) in [6.07, 6.45) is 4.44. The number of carbonyl (C=O) groups excluding carboxylic acids is 1. The molecule has 1 fully saturated rings. The van der Waals surface area contributed by atoms with Crippen LogP contribution < -0.4 is 0 Å². The number of likely N-dealkylation sites (tertiary alicyclic amines) is 1. The van der Waals surface area contributed by atoms with E-state index in [4.69, 9.17) is 5.11 Å². The quantitative estimate of drug-likeness (QED) is 0.819. The van der Waals surface area contributed by atoms with E-state index in [1.54, 1.807) is 4.90 Å². The van der Waals surface area contributed by atoms with Gasteiger partial charge in [0.2, 0.25) is 0 Å². The molecule has 0 aromatic heterocycles. The number of carbonyl (C=O) groups is 2. The molecule has 0 saturated carbocycles. The Labute approximate surface area is 128 Å². The molecule has 122 valence electrons. The lowest BCUT2D eigenvalue weighted by Crippen LogP contribution is -2.51. The summed E-state index contributed by atoms with van der Waals surface area (Å²) in [5, 5.41) is 8.90. The van der Waals surface area contributed by atoms with E-state index in [0.717, 1.165) is 25.9 Å². The Balaban J connectivity index is 2.64. The summed E-state index contributed by atoms with van der Waals surface area (Å²) in [6, 6.07) is -0.268. The van der Waals surface area contributed by atoms with Crippen molar-refractivity contribution in [2.24, 2.45) is 5.41 Å². The minimum Gasteiger partial charge on any atom is -0.481 e. The van der Waals surface area contributed by atoms with Crippen molar-refractivity contribution in [1.29, 1.82) is 0 Å². The van der Waals surface area contributed by atoms with Crippen molar-refractivity contribution in [2.45, 2.75) is 65.8 Å². The van der Waals surface area contributed by atoms with Crippen LogP contribution in [0.3, 0.4) is 0 Å². The van der Waals surface area contributed by atoms with Crippen LogP contribution >= 0.6 is 0 Å². The number of carboxylic acids is 1. The lowest BCUT2D eigenvalue weighted by atomic mass is 9.74. The number of piperidine rings is 1. The van der Waals surface area contributed by atoms with Crippen molar-refractivity contribution in [3.63, 3.8) is 0 Å². The summed E-state index contributed by atoms with van der Waals surface area (Å²) < 4.78 is 0. The zero-order valence-corrected chi connectivity index (χ0v) is 13.9. The Bertz CT molecular complexity index is 357. The van der Waals surface area contributed by atoms with Crippen molar-refractivity contribution in [3.8, 4) is 0 Å². The molecule has 0 spiro atoms. The van der Waals surface area contributed by atoms with Crippen molar-refractivity contribution < 1.29 is 14.7 Å². The van der Waals surface area contributed by atoms with E-state index in [0.29, 0.717) is 12.0 Å². The third kappa shape index (κ3) is 4.35. The molecule has 1 atom stereocenters. The van der Waals surface area contributed by atoms with Gasteiger partial charge in [0.1, 0.15) is 0 Å². The van der Waals surface area contributed by atoms with Gasteiger partial charge in [0.05, 0.1) is 6.42 Å². The van der Waals surface area contributed by atoms with Crippen LogP contribution in [0.25, 0.3) is 0 Å². The molecule has 0 aliphatic carbocycles. The predicted octanol–water partition coefficient (Wildman–Crippen LogP) is 3.19. The smallest absolute Gasteiger partial charge is 0.320 e. The van der Waals surface area contributed by atoms with Crippen LogP contribution in [-0.4, -0.2) is 52.6 Å². The molecule has 1 saturated heterocycles. The summed E-state index contributed by atoms with van der Waals surface area (Å²) in [5.41, 5.74) is 0.389. The molecule has 1 aliphatic heterocycles. The SMILES string of the molecule is CCN(C(=O)N1CCC(CC)(CC)CC1)C(C)CC(=O)O. The summed E-state index contributed by atoms with van der Waals surface area (Å²) in [5.74, 6) is -0.858. The average Bonchev–Trinajstić information content (AvgIpc) is 2.47. The Morgan fingerprint density at radius 3 is 2.10 bits per heavy atom. The molecule has 0 radical (unpaired) electrons. The molecule has 0 aromatic rings. The Hall–Kier alpha value is -1.26. The largest absolute Gasteiger partial charge is 0.481 e. The van der Waals surface area contributed by atoms with Crippen LogP contribution in [0.2, 0.25) is 0 Å². The lowest BCUT2D eigenvalue weighted by molar-refractivity contribution is -0.138. The van der Waals surface area contributed by atoms with Gasteiger partial charge < -0.3 is 14.9 Å². The Morgan fingerprint density at radius 2 is 1.71 bits per heavy atom. The molecule has 1 heterocycles. The number of aliphatic carboxylic acids is 1. The summed E-state index contributed by atoms with van der Waals surface area (Å²) in [6.45, 7) is 10.3. The van der Waals surface area contributed by atoms with Gasteiger partial charge in [-0.05, 0) is 32.1 Å². The highest BCUT2D eigenvalue weighted by molar-refractivity contribution is 5.76. The maximum atomic E-state index is 12.6. The number of amides is 2. The Morgan fingerprint density at radius 1 is 1.19 bits per heavy atom. The predicted molar refractivity (Wildman–Crippen MR) is 83.3 cm³/mol. The van der Waals surface area contributed by atoms with Crippen molar-refractivity contribution in [2.75, 3.05) is 19.6 Å². The van der Waals surface area contributed by atoms with Crippen LogP contribution in [0, 0.1) is 5.41 Å². The second-order valence-corrected chi connectivity index (χ2v) is 6.21.